The van der Waals surface area contributed by atoms with Gasteiger partial charge in [-0.2, -0.15) is 0 Å². The minimum absolute atomic E-state index is 0.381. The number of rotatable bonds is 4. The zero-order valence-corrected chi connectivity index (χ0v) is 6.43. The first-order valence-electron chi connectivity index (χ1n) is 3.68. The van der Waals surface area contributed by atoms with Crippen molar-refractivity contribution >= 4 is 0 Å². The molecular formula is C8H17N. The fourth-order valence-corrected chi connectivity index (χ4v) is 0.800. The maximum absolute atomic E-state index is 5.72. The zero-order chi connectivity index (χ0) is 7.11. The number of hydrogen-bond donors (Lipinski definition) is 1. The molecule has 0 fully saturated rings. The van der Waals surface area contributed by atoms with Crippen molar-refractivity contribution in [3.63, 3.8) is 0 Å². The van der Waals surface area contributed by atoms with E-state index in [0.717, 1.165) is 12.8 Å². The summed E-state index contributed by atoms with van der Waals surface area (Å²) in [5.41, 5.74) is 5.72. The van der Waals surface area contributed by atoms with Gasteiger partial charge in [0.1, 0.15) is 0 Å². The van der Waals surface area contributed by atoms with Gasteiger partial charge in [0.2, 0.25) is 0 Å². The molecule has 0 unspecified atom stereocenters. The molecule has 0 spiro atoms. The van der Waals surface area contributed by atoms with Crippen molar-refractivity contribution in [2.45, 2.75) is 39.2 Å². The molecule has 0 aliphatic heterocycles. The van der Waals surface area contributed by atoms with Crippen LogP contribution in [0.15, 0.2) is 12.2 Å². The van der Waals surface area contributed by atoms with Gasteiger partial charge in [-0.1, -0.05) is 25.5 Å². The molecule has 0 aromatic carbocycles. The van der Waals surface area contributed by atoms with E-state index in [4.69, 9.17) is 5.73 Å². The average Bonchev–Trinajstić information content (AvgIpc) is 1.85. The molecule has 0 rings (SSSR count). The highest BCUT2D eigenvalue weighted by molar-refractivity contribution is 4.81. The summed E-state index contributed by atoms with van der Waals surface area (Å²) in [7, 11) is 0. The topological polar surface area (TPSA) is 26.0 Å². The molecule has 0 saturated carbocycles. The van der Waals surface area contributed by atoms with Gasteiger partial charge in [0.05, 0.1) is 0 Å². The van der Waals surface area contributed by atoms with E-state index < -0.39 is 0 Å². The fourth-order valence-electron chi connectivity index (χ4n) is 0.800. The molecule has 0 radical (unpaired) electrons. The third kappa shape index (κ3) is 5.57. The van der Waals surface area contributed by atoms with Gasteiger partial charge in [0.25, 0.3) is 0 Å². The van der Waals surface area contributed by atoms with Crippen molar-refractivity contribution in [1.29, 1.82) is 0 Å². The van der Waals surface area contributed by atoms with Crippen molar-refractivity contribution in [2.75, 3.05) is 0 Å². The van der Waals surface area contributed by atoms with Crippen LogP contribution >= 0.6 is 0 Å². The Hall–Kier alpha value is -0.300. The second kappa shape index (κ2) is 5.83. The van der Waals surface area contributed by atoms with Gasteiger partial charge in [0, 0.05) is 6.04 Å². The van der Waals surface area contributed by atoms with Crippen molar-refractivity contribution < 1.29 is 0 Å². The molecule has 1 nitrogen and oxygen atoms in total. The van der Waals surface area contributed by atoms with Gasteiger partial charge >= 0.3 is 0 Å². The summed E-state index contributed by atoms with van der Waals surface area (Å²) >= 11 is 0. The lowest BCUT2D eigenvalue weighted by Gasteiger charge is -2.04. The third-order valence-electron chi connectivity index (χ3n) is 1.33. The highest BCUT2D eigenvalue weighted by atomic mass is 14.6. The van der Waals surface area contributed by atoms with Gasteiger partial charge in [0.15, 0.2) is 0 Å². The summed E-state index contributed by atoms with van der Waals surface area (Å²) in [6.45, 7) is 4.19. The minimum Gasteiger partial charge on any atom is -0.327 e. The van der Waals surface area contributed by atoms with E-state index in [-0.39, 0.29) is 0 Å². The van der Waals surface area contributed by atoms with Crippen molar-refractivity contribution in [3.8, 4) is 0 Å². The van der Waals surface area contributed by atoms with E-state index in [1.165, 1.54) is 6.42 Å². The van der Waals surface area contributed by atoms with Crippen LogP contribution in [0.2, 0.25) is 0 Å². The lowest BCUT2D eigenvalue weighted by molar-refractivity contribution is 0.610. The maximum atomic E-state index is 5.72. The van der Waals surface area contributed by atoms with Gasteiger partial charge in [-0.25, -0.2) is 0 Å². The van der Waals surface area contributed by atoms with Crippen LogP contribution in [0.5, 0.6) is 0 Å². The Labute approximate surface area is 57.9 Å². The first kappa shape index (κ1) is 8.70. The summed E-state index contributed by atoms with van der Waals surface area (Å²) in [5.74, 6) is 0. The quantitative estimate of drug-likeness (QED) is 0.575. The largest absolute Gasteiger partial charge is 0.327 e. The Balaban J connectivity index is 3.15. The van der Waals surface area contributed by atoms with Gasteiger partial charge < -0.3 is 5.73 Å². The molecule has 0 aromatic rings. The lowest BCUT2D eigenvalue weighted by atomic mass is 10.1. The van der Waals surface area contributed by atoms with Crippen LogP contribution in [0.4, 0.5) is 0 Å². The molecule has 9 heavy (non-hydrogen) atoms. The predicted octanol–water partition coefficient (Wildman–Crippen LogP) is 2.08. The summed E-state index contributed by atoms with van der Waals surface area (Å²) in [5, 5.41) is 0. The fraction of sp³-hybridized carbons (Fsp3) is 0.750. The SMILES string of the molecule is C/C=C/C[C@H](N)CCC. The van der Waals surface area contributed by atoms with Crippen LogP contribution in [0.25, 0.3) is 0 Å². The van der Waals surface area contributed by atoms with Gasteiger partial charge in [-0.05, 0) is 19.8 Å². The monoisotopic (exact) mass is 127 g/mol. The average molecular weight is 127 g/mol. The Morgan fingerprint density at radius 3 is 2.67 bits per heavy atom. The summed E-state index contributed by atoms with van der Waals surface area (Å²) in [6, 6.07) is 0.381. The van der Waals surface area contributed by atoms with Gasteiger partial charge in [-0.15, -0.1) is 0 Å². The summed E-state index contributed by atoms with van der Waals surface area (Å²) in [4.78, 5) is 0. The second-order valence-electron chi connectivity index (χ2n) is 2.35. The minimum atomic E-state index is 0.381. The molecule has 0 aliphatic rings. The molecule has 0 aliphatic carbocycles. The highest BCUT2D eigenvalue weighted by Gasteiger charge is 1.94. The first-order chi connectivity index (χ1) is 4.31. The Bertz CT molecular complexity index is 76.6. The number of hydrogen-bond acceptors (Lipinski definition) is 1. The summed E-state index contributed by atoms with van der Waals surface area (Å²) in [6.07, 6.45) is 7.54. The van der Waals surface area contributed by atoms with Crippen molar-refractivity contribution in [2.24, 2.45) is 5.73 Å². The summed E-state index contributed by atoms with van der Waals surface area (Å²) < 4.78 is 0. The molecular weight excluding hydrogens is 110 g/mol. The first-order valence-corrected chi connectivity index (χ1v) is 3.68. The molecule has 1 atom stereocenters. The van der Waals surface area contributed by atoms with E-state index in [9.17, 15) is 0 Å². The van der Waals surface area contributed by atoms with Crippen LogP contribution in [-0.4, -0.2) is 6.04 Å². The van der Waals surface area contributed by atoms with E-state index in [0.29, 0.717) is 6.04 Å². The maximum Gasteiger partial charge on any atom is 0.00733 e. The lowest BCUT2D eigenvalue weighted by Crippen LogP contribution is -2.17. The van der Waals surface area contributed by atoms with E-state index in [1.54, 1.807) is 0 Å². The third-order valence-corrected chi connectivity index (χ3v) is 1.33. The molecule has 0 saturated heterocycles. The van der Waals surface area contributed by atoms with Crippen LogP contribution in [0, 0.1) is 0 Å². The van der Waals surface area contributed by atoms with Crippen molar-refractivity contribution in [1.82, 2.24) is 0 Å². The highest BCUT2D eigenvalue weighted by Crippen LogP contribution is 1.98. The smallest absolute Gasteiger partial charge is 0.00733 e. The Morgan fingerprint density at radius 2 is 2.22 bits per heavy atom. The molecule has 0 amide bonds. The molecule has 2 N–H and O–H groups in total. The number of nitrogens with two attached hydrogens (primary N) is 1. The van der Waals surface area contributed by atoms with E-state index in [1.807, 2.05) is 6.92 Å². The zero-order valence-electron chi connectivity index (χ0n) is 6.43. The van der Waals surface area contributed by atoms with Crippen LogP contribution in [-0.2, 0) is 0 Å². The van der Waals surface area contributed by atoms with E-state index in [2.05, 4.69) is 19.1 Å². The molecule has 0 heterocycles. The van der Waals surface area contributed by atoms with Crippen LogP contribution in [0.1, 0.15) is 33.1 Å². The standard InChI is InChI=1S/C8H17N/c1-3-5-7-8(9)6-4-2/h3,5,8H,4,6-7,9H2,1-2H3/b5-3+/t8-/m1/s1. The normalized spacial score (nSPS) is 14.6. The predicted molar refractivity (Wildman–Crippen MR) is 42.3 cm³/mol. The number of allylic oxidation sites excluding steroid dienone is 1. The molecule has 0 bridgehead atoms. The molecule has 1 heteroatoms. The molecule has 0 aromatic heterocycles. The van der Waals surface area contributed by atoms with Crippen molar-refractivity contribution in [3.05, 3.63) is 12.2 Å². The van der Waals surface area contributed by atoms with E-state index >= 15 is 0 Å². The Morgan fingerprint density at radius 1 is 1.56 bits per heavy atom. The van der Waals surface area contributed by atoms with Gasteiger partial charge in [-0.3, -0.25) is 0 Å². The molecule has 54 valence electrons. The van der Waals surface area contributed by atoms with Crippen LogP contribution < -0.4 is 5.73 Å². The Kier molecular flexibility index (Phi) is 5.64. The second-order valence-corrected chi connectivity index (χ2v) is 2.35. The van der Waals surface area contributed by atoms with Crippen LogP contribution in [0.3, 0.4) is 0 Å².